The highest BCUT2D eigenvalue weighted by Crippen LogP contribution is 2.32. The number of aromatic amines is 1. The number of nitrogens with zero attached hydrogens (tertiary/aromatic N) is 4. The Balaban J connectivity index is 1.85. The molecular formula is C27H25N5O3. The molecule has 0 unspecified atom stereocenters. The van der Waals surface area contributed by atoms with Gasteiger partial charge in [-0.15, -0.1) is 0 Å². The second-order valence-electron chi connectivity index (χ2n) is 8.56. The summed E-state index contributed by atoms with van der Waals surface area (Å²) in [5, 5.41) is 29.9. The van der Waals surface area contributed by atoms with Gasteiger partial charge in [0.15, 0.2) is 5.88 Å². The van der Waals surface area contributed by atoms with Gasteiger partial charge in [-0.2, -0.15) is 5.26 Å². The summed E-state index contributed by atoms with van der Waals surface area (Å²) >= 11 is 0. The Hall–Kier alpha value is -4.48. The number of rotatable bonds is 8. The van der Waals surface area contributed by atoms with E-state index < -0.39 is 5.97 Å². The zero-order chi connectivity index (χ0) is 24.9. The Morgan fingerprint density at radius 1 is 1.11 bits per heavy atom. The second-order valence-corrected chi connectivity index (χ2v) is 8.56. The van der Waals surface area contributed by atoms with E-state index in [0.29, 0.717) is 45.4 Å². The molecule has 0 spiro atoms. The normalized spacial score (nSPS) is 11.7. The summed E-state index contributed by atoms with van der Waals surface area (Å²) in [5.74, 6) is -0.960. The number of carboxylic acid groups (broad SMARTS) is 1. The Bertz CT molecular complexity index is 1450. The lowest BCUT2D eigenvalue weighted by atomic mass is 9.99. The van der Waals surface area contributed by atoms with Gasteiger partial charge in [0.2, 0.25) is 0 Å². The number of aromatic nitrogens is 2. The third kappa shape index (κ3) is 5.54. The summed E-state index contributed by atoms with van der Waals surface area (Å²) < 4.78 is 0. The summed E-state index contributed by atoms with van der Waals surface area (Å²) in [7, 11) is 4.01. The minimum atomic E-state index is -0.885. The first kappa shape index (κ1) is 23.7. The van der Waals surface area contributed by atoms with E-state index in [9.17, 15) is 15.2 Å². The van der Waals surface area contributed by atoms with Crippen LogP contribution in [-0.2, 0) is 17.8 Å². The number of hydrogen-bond donors (Lipinski definition) is 3. The Kier molecular flexibility index (Phi) is 6.90. The third-order valence-corrected chi connectivity index (χ3v) is 5.52. The van der Waals surface area contributed by atoms with Crippen molar-refractivity contribution >= 4 is 28.3 Å². The Morgan fingerprint density at radius 2 is 1.89 bits per heavy atom. The molecule has 0 amide bonds. The number of carbonyl (C=O) groups is 1. The second kappa shape index (κ2) is 10.2. The molecule has 0 saturated heterocycles. The number of fused-ring (bicyclic) bond motifs is 1. The van der Waals surface area contributed by atoms with Crippen molar-refractivity contribution in [2.24, 2.45) is 4.99 Å². The lowest BCUT2D eigenvalue weighted by Gasteiger charge is -2.11. The molecule has 176 valence electrons. The van der Waals surface area contributed by atoms with Gasteiger partial charge in [-0.3, -0.25) is 9.78 Å². The van der Waals surface area contributed by atoms with Gasteiger partial charge in [0.05, 0.1) is 34.1 Å². The van der Waals surface area contributed by atoms with E-state index in [2.05, 4.69) is 20.9 Å². The molecule has 0 aliphatic rings. The minimum Gasteiger partial charge on any atom is -0.494 e. The summed E-state index contributed by atoms with van der Waals surface area (Å²) in [6.45, 7) is 0.802. The van der Waals surface area contributed by atoms with Crippen LogP contribution in [0.3, 0.4) is 0 Å². The first-order valence-electron chi connectivity index (χ1n) is 11.1. The van der Waals surface area contributed by atoms with Gasteiger partial charge in [0, 0.05) is 36.3 Å². The fourth-order valence-corrected chi connectivity index (χ4v) is 3.93. The van der Waals surface area contributed by atoms with Crippen LogP contribution in [0.1, 0.15) is 34.2 Å². The number of nitriles is 1. The molecule has 3 N–H and O–H groups in total. The standard InChI is InChI=1S/C27H25N5O3/c1-32(2)16-17-3-7-21(8-4-17)30-26(20-11-19(14-29-15-20)6-10-24(33)34)25-22-9-5-18(13-28)12-23(22)31-27(25)35/h3-5,7-9,11-12,14-15,31,35H,6,10,16H2,1-2H3,(H,33,34). The first-order valence-corrected chi connectivity index (χ1v) is 11.1. The number of pyridine rings is 1. The van der Waals surface area contributed by atoms with E-state index in [4.69, 9.17) is 10.1 Å². The number of nitrogens with one attached hydrogen (secondary N) is 1. The van der Waals surface area contributed by atoms with Gasteiger partial charge in [-0.05, 0) is 62.0 Å². The zero-order valence-corrected chi connectivity index (χ0v) is 19.5. The van der Waals surface area contributed by atoms with Crippen molar-refractivity contribution in [1.29, 1.82) is 5.26 Å². The maximum atomic E-state index is 11.0. The number of carboxylic acids is 1. The summed E-state index contributed by atoms with van der Waals surface area (Å²) in [4.78, 5) is 25.3. The fraction of sp³-hybridized carbons (Fsp3) is 0.185. The largest absolute Gasteiger partial charge is 0.494 e. The van der Waals surface area contributed by atoms with Crippen LogP contribution in [0.4, 0.5) is 5.69 Å². The molecule has 2 aromatic heterocycles. The monoisotopic (exact) mass is 467 g/mol. The van der Waals surface area contributed by atoms with Crippen molar-refractivity contribution in [3.05, 3.63) is 88.7 Å². The molecule has 0 fully saturated rings. The number of aromatic hydroxyl groups is 1. The van der Waals surface area contributed by atoms with Gasteiger partial charge in [-0.25, -0.2) is 4.99 Å². The number of aryl methyl sites for hydroxylation is 1. The van der Waals surface area contributed by atoms with Gasteiger partial charge in [-0.1, -0.05) is 18.2 Å². The maximum Gasteiger partial charge on any atom is 0.303 e. The molecule has 2 heterocycles. The first-order chi connectivity index (χ1) is 16.8. The van der Waals surface area contributed by atoms with Crippen LogP contribution in [0, 0.1) is 11.3 Å². The van der Waals surface area contributed by atoms with E-state index in [0.717, 1.165) is 17.7 Å². The van der Waals surface area contributed by atoms with Gasteiger partial charge in [0.25, 0.3) is 0 Å². The molecular weight excluding hydrogens is 442 g/mol. The van der Waals surface area contributed by atoms with Crippen LogP contribution in [0.25, 0.3) is 10.9 Å². The van der Waals surface area contributed by atoms with Crippen LogP contribution in [0.2, 0.25) is 0 Å². The van der Waals surface area contributed by atoms with E-state index in [1.54, 1.807) is 30.6 Å². The quantitative estimate of drug-likeness (QED) is 0.330. The number of hydrogen-bond acceptors (Lipinski definition) is 6. The molecule has 0 radical (unpaired) electrons. The van der Waals surface area contributed by atoms with Crippen LogP contribution < -0.4 is 0 Å². The summed E-state index contributed by atoms with van der Waals surface area (Å²) in [6.07, 6.45) is 3.59. The van der Waals surface area contributed by atoms with Crippen molar-refractivity contribution in [1.82, 2.24) is 14.9 Å². The molecule has 2 aromatic carbocycles. The lowest BCUT2D eigenvalue weighted by molar-refractivity contribution is -0.136. The molecule has 4 rings (SSSR count). The molecule has 0 aliphatic carbocycles. The zero-order valence-electron chi connectivity index (χ0n) is 19.5. The lowest BCUT2D eigenvalue weighted by Crippen LogP contribution is -2.10. The predicted molar refractivity (Wildman–Crippen MR) is 134 cm³/mol. The van der Waals surface area contributed by atoms with Crippen LogP contribution in [0.5, 0.6) is 5.88 Å². The van der Waals surface area contributed by atoms with Crippen molar-refractivity contribution in [3.63, 3.8) is 0 Å². The van der Waals surface area contributed by atoms with E-state index >= 15 is 0 Å². The molecule has 0 bridgehead atoms. The third-order valence-electron chi connectivity index (χ3n) is 5.52. The highest BCUT2D eigenvalue weighted by Gasteiger charge is 2.20. The SMILES string of the molecule is CN(C)Cc1ccc(N=C(c2cncc(CCC(=O)O)c2)c2c(O)[nH]c3cc(C#N)ccc23)cc1. The summed E-state index contributed by atoms with van der Waals surface area (Å²) in [6, 6.07) is 16.9. The van der Waals surface area contributed by atoms with Crippen molar-refractivity contribution in [2.45, 2.75) is 19.4 Å². The number of H-pyrrole nitrogens is 1. The van der Waals surface area contributed by atoms with Crippen molar-refractivity contribution in [3.8, 4) is 11.9 Å². The van der Waals surface area contributed by atoms with Crippen LogP contribution >= 0.6 is 0 Å². The Morgan fingerprint density at radius 3 is 2.57 bits per heavy atom. The number of aliphatic imine (C=N–C) groups is 1. The molecule has 4 aromatic rings. The number of aliphatic carboxylic acids is 1. The summed E-state index contributed by atoms with van der Waals surface area (Å²) in [5.41, 5.74) is 5.30. The highest BCUT2D eigenvalue weighted by atomic mass is 16.4. The van der Waals surface area contributed by atoms with E-state index in [1.165, 1.54) is 0 Å². The minimum absolute atomic E-state index is 0.0137. The topological polar surface area (TPSA) is 126 Å². The van der Waals surface area contributed by atoms with Gasteiger partial charge in [0.1, 0.15) is 0 Å². The van der Waals surface area contributed by atoms with E-state index in [-0.39, 0.29) is 12.3 Å². The van der Waals surface area contributed by atoms with Gasteiger partial charge < -0.3 is 20.1 Å². The fourth-order valence-electron chi connectivity index (χ4n) is 3.93. The molecule has 8 heteroatoms. The average Bonchev–Trinajstić information content (AvgIpc) is 3.16. The van der Waals surface area contributed by atoms with E-state index in [1.807, 2.05) is 44.4 Å². The van der Waals surface area contributed by atoms with Crippen LogP contribution in [0.15, 0.2) is 65.9 Å². The highest BCUT2D eigenvalue weighted by molar-refractivity contribution is 6.21. The Labute approximate surface area is 202 Å². The number of benzene rings is 2. The molecule has 0 aliphatic heterocycles. The van der Waals surface area contributed by atoms with Crippen LogP contribution in [-0.4, -0.2) is 50.9 Å². The molecule has 35 heavy (non-hydrogen) atoms. The average molecular weight is 468 g/mol. The molecule has 8 nitrogen and oxygen atoms in total. The smallest absolute Gasteiger partial charge is 0.303 e. The van der Waals surface area contributed by atoms with Gasteiger partial charge >= 0.3 is 5.97 Å². The molecule has 0 atom stereocenters. The van der Waals surface area contributed by atoms with Crippen molar-refractivity contribution in [2.75, 3.05) is 14.1 Å². The maximum absolute atomic E-state index is 11.0. The predicted octanol–water partition coefficient (Wildman–Crippen LogP) is 4.39. The molecule has 0 saturated carbocycles. The van der Waals surface area contributed by atoms with Crippen molar-refractivity contribution < 1.29 is 15.0 Å².